The Morgan fingerprint density at radius 3 is 2.67 bits per heavy atom. The van der Waals surface area contributed by atoms with Crippen LogP contribution in [-0.4, -0.2) is 25.2 Å². The lowest BCUT2D eigenvalue weighted by Crippen LogP contribution is -2.49. The summed E-state index contributed by atoms with van der Waals surface area (Å²) < 4.78 is 0. The molecule has 0 aromatic heterocycles. The first kappa shape index (κ1) is 14.3. The Labute approximate surface area is 113 Å². The van der Waals surface area contributed by atoms with Gasteiger partial charge in [0.05, 0.1) is 0 Å². The predicted octanol–water partition coefficient (Wildman–Crippen LogP) is 3.18. The average Bonchev–Trinajstić information content (AvgIpc) is 2.37. The molecule has 2 rings (SSSR count). The molecule has 106 valence electrons. The highest BCUT2D eigenvalue weighted by Crippen LogP contribution is 2.33. The number of rotatable bonds is 4. The molecule has 1 saturated heterocycles. The summed E-state index contributed by atoms with van der Waals surface area (Å²) in [6.07, 6.45) is 8.38. The molecule has 4 unspecified atom stereocenters. The van der Waals surface area contributed by atoms with Gasteiger partial charge in [-0.25, -0.2) is 0 Å². The third-order valence-corrected chi connectivity index (χ3v) is 5.06. The van der Waals surface area contributed by atoms with Gasteiger partial charge in [-0.05, 0) is 50.0 Å². The Morgan fingerprint density at radius 1 is 1.17 bits per heavy atom. The standard InChI is InChI=1S/C16H32N2/c1-12(2)15-8-7-13(3)10-16(15)18-11-14-6-4-5-9-17-14/h12-18H,4-11H2,1-3H3. The zero-order valence-corrected chi connectivity index (χ0v) is 12.5. The highest BCUT2D eigenvalue weighted by Gasteiger charge is 2.30. The van der Waals surface area contributed by atoms with Crippen molar-refractivity contribution in [3.05, 3.63) is 0 Å². The smallest absolute Gasteiger partial charge is 0.0192 e. The van der Waals surface area contributed by atoms with Crippen molar-refractivity contribution >= 4 is 0 Å². The first-order chi connectivity index (χ1) is 8.66. The van der Waals surface area contributed by atoms with Crippen molar-refractivity contribution in [1.29, 1.82) is 0 Å². The second-order valence-corrected chi connectivity index (χ2v) is 6.99. The first-order valence-corrected chi connectivity index (χ1v) is 8.13. The zero-order chi connectivity index (χ0) is 13.0. The minimum atomic E-state index is 0.726. The van der Waals surface area contributed by atoms with Crippen LogP contribution in [0, 0.1) is 17.8 Å². The average molecular weight is 252 g/mol. The normalized spacial score (nSPS) is 38.0. The molecule has 0 aromatic carbocycles. The summed E-state index contributed by atoms with van der Waals surface area (Å²) in [6.45, 7) is 9.62. The fourth-order valence-corrected chi connectivity index (χ4v) is 3.83. The van der Waals surface area contributed by atoms with Crippen LogP contribution in [0.3, 0.4) is 0 Å². The van der Waals surface area contributed by atoms with Gasteiger partial charge in [0.15, 0.2) is 0 Å². The molecule has 2 nitrogen and oxygen atoms in total. The van der Waals surface area contributed by atoms with Crippen molar-refractivity contribution in [1.82, 2.24) is 10.6 Å². The molecule has 2 N–H and O–H groups in total. The molecule has 2 fully saturated rings. The fourth-order valence-electron chi connectivity index (χ4n) is 3.83. The van der Waals surface area contributed by atoms with Gasteiger partial charge in [-0.15, -0.1) is 0 Å². The van der Waals surface area contributed by atoms with E-state index in [0.717, 1.165) is 29.8 Å². The molecule has 2 heteroatoms. The van der Waals surface area contributed by atoms with Crippen molar-refractivity contribution in [2.45, 2.75) is 71.4 Å². The Balaban J connectivity index is 1.80. The Hall–Kier alpha value is -0.0800. The summed E-state index contributed by atoms with van der Waals surface area (Å²) in [5, 5.41) is 7.54. The minimum absolute atomic E-state index is 0.726. The molecule has 0 amide bonds. The molecule has 1 heterocycles. The van der Waals surface area contributed by atoms with Crippen LogP contribution in [0.4, 0.5) is 0 Å². The lowest BCUT2D eigenvalue weighted by molar-refractivity contribution is 0.165. The topological polar surface area (TPSA) is 24.1 Å². The van der Waals surface area contributed by atoms with E-state index in [-0.39, 0.29) is 0 Å². The molecule has 0 spiro atoms. The molecule has 0 radical (unpaired) electrons. The first-order valence-electron chi connectivity index (χ1n) is 8.13. The van der Waals surface area contributed by atoms with E-state index in [1.165, 1.54) is 51.6 Å². The number of hydrogen-bond donors (Lipinski definition) is 2. The molecule has 4 atom stereocenters. The van der Waals surface area contributed by atoms with Crippen LogP contribution in [0.5, 0.6) is 0 Å². The summed E-state index contributed by atoms with van der Waals surface area (Å²) in [4.78, 5) is 0. The Morgan fingerprint density at radius 2 is 2.00 bits per heavy atom. The third-order valence-electron chi connectivity index (χ3n) is 5.06. The summed E-state index contributed by atoms with van der Waals surface area (Å²) in [7, 11) is 0. The quantitative estimate of drug-likeness (QED) is 0.803. The van der Waals surface area contributed by atoms with Gasteiger partial charge >= 0.3 is 0 Å². The van der Waals surface area contributed by atoms with E-state index < -0.39 is 0 Å². The summed E-state index contributed by atoms with van der Waals surface area (Å²) in [6, 6.07) is 1.49. The lowest BCUT2D eigenvalue weighted by Gasteiger charge is -2.39. The third kappa shape index (κ3) is 3.96. The van der Waals surface area contributed by atoms with Gasteiger partial charge in [0.1, 0.15) is 0 Å². The molecule has 18 heavy (non-hydrogen) atoms. The van der Waals surface area contributed by atoms with E-state index in [4.69, 9.17) is 0 Å². The van der Waals surface area contributed by atoms with Crippen molar-refractivity contribution in [3.8, 4) is 0 Å². The zero-order valence-electron chi connectivity index (χ0n) is 12.5. The van der Waals surface area contributed by atoms with Gasteiger partial charge in [-0.3, -0.25) is 0 Å². The predicted molar refractivity (Wildman–Crippen MR) is 78.8 cm³/mol. The summed E-state index contributed by atoms with van der Waals surface area (Å²) in [5.74, 6) is 2.64. The molecule has 0 aromatic rings. The summed E-state index contributed by atoms with van der Waals surface area (Å²) >= 11 is 0. The number of piperidine rings is 1. The highest BCUT2D eigenvalue weighted by molar-refractivity contribution is 4.87. The van der Waals surface area contributed by atoms with E-state index in [1.807, 2.05) is 0 Å². The van der Waals surface area contributed by atoms with Crippen LogP contribution in [-0.2, 0) is 0 Å². The van der Waals surface area contributed by atoms with Gasteiger partial charge in [0.2, 0.25) is 0 Å². The van der Waals surface area contributed by atoms with Crippen LogP contribution in [0.2, 0.25) is 0 Å². The lowest BCUT2D eigenvalue weighted by atomic mass is 9.74. The van der Waals surface area contributed by atoms with Crippen LogP contribution in [0.25, 0.3) is 0 Å². The van der Waals surface area contributed by atoms with Crippen molar-refractivity contribution in [3.63, 3.8) is 0 Å². The van der Waals surface area contributed by atoms with E-state index in [9.17, 15) is 0 Å². The van der Waals surface area contributed by atoms with E-state index in [0.29, 0.717) is 0 Å². The molecule has 1 aliphatic carbocycles. The maximum Gasteiger partial charge on any atom is 0.0192 e. The van der Waals surface area contributed by atoms with Gasteiger partial charge in [0.25, 0.3) is 0 Å². The SMILES string of the molecule is CC1CCC(C(C)C)C(NCC2CCCCN2)C1. The maximum atomic E-state index is 3.89. The van der Waals surface area contributed by atoms with Gasteiger partial charge in [-0.2, -0.15) is 0 Å². The largest absolute Gasteiger partial charge is 0.313 e. The molecular formula is C16H32N2. The molecule has 0 bridgehead atoms. The molecular weight excluding hydrogens is 220 g/mol. The van der Waals surface area contributed by atoms with Crippen LogP contribution in [0.1, 0.15) is 59.3 Å². The van der Waals surface area contributed by atoms with Gasteiger partial charge in [0, 0.05) is 18.6 Å². The number of nitrogens with one attached hydrogen (secondary N) is 2. The van der Waals surface area contributed by atoms with Crippen LogP contribution in [0.15, 0.2) is 0 Å². The minimum Gasteiger partial charge on any atom is -0.313 e. The van der Waals surface area contributed by atoms with Crippen molar-refractivity contribution < 1.29 is 0 Å². The van der Waals surface area contributed by atoms with Crippen molar-refractivity contribution in [2.75, 3.05) is 13.1 Å². The second kappa shape index (κ2) is 6.91. The van der Waals surface area contributed by atoms with Gasteiger partial charge in [-0.1, -0.05) is 33.6 Å². The van der Waals surface area contributed by atoms with E-state index >= 15 is 0 Å². The molecule has 1 aliphatic heterocycles. The second-order valence-electron chi connectivity index (χ2n) is 6.99. The molecule has 2 aliphatic rings. The van der Waals surface area contributed by atoms with Gasteiger partial charge < -0.3 is 10.6 Å². The highest BCUT2D eigenvalue weighted by atomic mass is 15.0. The Bertz CT molecular complexity index is 233. The van der Waals surface area contributed by atoms with Crippen LogP contribution < -0.4 is 10.6 Å². The summed E-state index contributed by atoms with van der Waals surface area (Å²) in [5.41, 5.74) is 0. The maximum absolute atomic E-state index is 3.89. The molecule has 1 saturated carbocycles. The number of hydrogen-bond acceptors (Lipinski definition) is 2. The van der Waals surface area contributed by atoms with E-state index in [1.54, 1.807) is 0 Å². The van der Waals surface area contributed by atoms with E-state index in [2.05, 4.69) is 31.4 Å². The fraction of sp³-hybridized carbons (Fsp3) is 1.00. The monoisotopic (exact) mass is 252 g/mol. The van der Waals surface area contributed by atoms with Crippen LogP contribution >= 0.6 is 0 Å². The Kier molecular flexibility index (Phi) is 5.50. The van der Waals surface area contributed by atoms with Crippen molar-refractivity contribution in [2.24, 2.45) is 17.8 Å².